The van der Waals surface area contributed by atoms with Gasteiger partial charge in [0.05, 0.1) is 30.9 Å². The zero-order chi connectivity index (χ0) is 28.5. The normalized spacial score (nSPS) is 23.5. The smallest absolute Gasteiger partial charge is 0.475 e. The highest BCUT2D eigenvalue weighted by atomic mass is 19.4. The molecule has 0 radical (unpaired) electrons. The molecule has 1 amide bonds. The van der Waals surface area contributed by atoms with Crippen LogP contribution in [-0.4, -0.2) is 81.6 Å². The van der Waals surface area contributed by atoms with Gasteiger partial charge in [-0.05, 0) is 31.4 Å². The van der Waals surface area contributed by atoms with Gasteiger partial charge in [0, 0.05) is 31.2 Å². The van der Waals surface area contributed by atoms with Gasteiger partial charge in [-0.2, -0.15) is 26.3 Å². The van der Waals surface area contributed by atoms with E-state index in [1.807, 2.05) is 18.2 Å². The number of aromatic nitrogens is 1. The summed E-state index contributed by atoms with van der Waals surface area (Å²) in [7, 11) is 0. The highest BCUT2D eigenvalue weighted by Crippen LogP contribution is 2.37. The molecule has 0 aromatic carbocycles. The zero-order valence-corrected chi connectivity index (χ0v) is 20.2. The van der Waals surface area contributed by atoms with E-state index in [4.69, 9.17) is 24.5 Å². The molecule has 3 aliphatic rings. The largest absolute Gasteiger partial charge is 0.490 e. The minimum absolute atomic E-state index is 0.0678. The Balaban J connectivity index is 0.000000301. The number of carboxylic acid groups (broad SMARTS) is 2. The number of aliphatic carboxylic acids is 2. The first-order valence-electron chi connectivity index (χ1n) is 11.8. The number of carbonyl (C=O) groups excluding carboxylic acids is 1. The third-order valence-corrected chi connectivity index (χ3v) is 6.27. The lowest BCUT2D eigenvalue weighted by atomic mass is 10.0. The summed E-state index contributed by atoms with van der Waals surface area (Å²) >= 11 is 0. The number of rotatable bonds is 5. The molecule has 0 bridgehead atoms. The van der Waals surface area contributed by atoms with Gasteiger partial charge in [0.25, 0.3) is 0 Å². The van der Waals surface area contributed by atoms with Gasteiger partial charge in [-0.25, -0.2) is 9.59 Å². The number of fused-ring (bicyclic) bond motifs is 1. The van der Waals surface area contributed by atoms with Crippen LogP contribution < -0.4 is 5.32 Å². The van der Waals surface area contributed by atoms with Crippen molar-refractivity contribution in [3.63, 3.8) is 0 Å². The Hall–Kier alpha value is -2.94. The molecule has 214 valence electrons. The second kappa shape index (κ2) is 13.7. The lowest BCUT2D eigenvalue weighted by Gasteiger charge is -2.25. The number of carbonyl (C=O) groups is 3. The van der Waals surface area contributed by atoms with Crippen LogP contribution in [0.2, 0.25) is 0 Å². The van der Waals surface area contributed by atoms with E-state index >= 15 is 0 Å². The fourth-order valence-electron chi connectivity index (χ4n) is 4.56. The lowest BCUT2D eigenvalue weighted by molar-refractivity contribution is -0.193. The average Bonchev–Trinajstić information content (AvgIpc) is 3.55. The fourth-order valence-corrected chi connectivity index (χ4v) is 4.56. The van der Waals surface area contributed by atoms with Crippen molar-refractivity contribution in [1.29, 1.82) is 0 Å². The monoisotopic (exact) mass is 557 g/mol. The standard InChI is InChI=1S/C19H27N3O2.2C2HF3O2/c23-19(21-11-15-5-3-4-8-20-15)10-17-9-14-12-22(13-18(14)24-17)16-6-1-2-7-16;2*3-2(4,5)1(6)7/h3-5,8,14,16-18H,1-2,6-7,9-13H2,(H,21,23);2*(H,6,7)/t14-,17+,18+;;/m0../s1. The van der Waals surface area contributed by atoms with E-state index in [0.29, 0.717) is 25.0 Å². The summed E-state index contributed by atoms with van der Waals surface area (Å²) in [6.45, 7) is 2.73. The Kier molecular flexibility index (Phi) is 11.3. The van der Waals surface area contributed by atoms with Gasteiger partial charge in [0.1, 0.15) is 0 Å². The summed E-state index contributed by atoms with van der Waals surface area (Å²) in [5, 5.41) is 17.2. The van der Waals surface area contributed by atoms with Gasteiger partial charge in [0.15, 0.2) is 0 Å². The molecule has 38 heavy (non-hydrogen) atoms. The van der Waals surface area contributed by atoms with E-state index in [-0.39, 0.29) is 12.0 Å². The van der Waals surface area contributed by atoms with Crippen molar-refractivity contribution in [2.45, 2.75) is 75.7 Å². The average molecular weight is 557 g/mol. The first-order valence-corrected chi connectivity index (χ1v) is 11.8. The van der Waals surface area contributed by atoms with Crippen LogP contribution in [-0.2, 0) is 25.7 Å². The quantitative estimate of drug-likeness (QED) is 0.470. The van der Waals surface area contributed by atoms with E-state index in [1.165, 1.54) is 32.2 Å². The summed E-state index contributed by atoms with van der Waals surface area (Å²) in [6.07, 6.45) is -0.981. The second-order valence-electron chi connectivity index (χ2n) is 9.09. The third-order valence-electron chi connectivity index (χ3n) is 6.27. The van der Waals surface area contributed by atoms with Crippen LogP contribution in [0.1, 0.15) is 44.2 Å². The van der Waals surface area contributed by atoms with Gasteiger partial charge in [-0.15, -0.1) is 0 Å². The van der Waals surface area contributed by atoms with Crippen LogP contribution >= 0.6 is 0 Å². The van der Waals surface area contributed by atoms with Crippen LogP contribution in [0.4, 0.5) is 26.3 Å². The molecule has 0 unspecified atom stereocenters. The Labute approximate surface area is 214 Å². The van der Waals surface area contributed by atoms with Gasteiger partial charge in [-0.1, -0.05) is 18.9 Å². The summed E-state index contributed by atoms with van der Waals surface area (Å²) in [5.41, 5.74) is 0.891. The number of likely N-dealkylation sites (tertiary alicyclic amines) is 1. The number of hydrogen-bond donors (Lipinski definition) is 3. The molecule has 1 saturated carbocycles. The Morgan fingerprint density at radius 3 is 2.05 bits per heavy atom. The molecule has 1 aromatic rings. The van der Waals surface area contributed by atoms with E-state index < -0.39 is 24.3 Å². The van der Waals surface area contributed by atoms with E-state index in [9.17, 15) is 31.1 Å². The highest BCUT2D eigenvalue weighted by molar-refractivity contribution is 5.76. The van der Waals surface area contributed by atoms with Crippen LogP contribution in [0.5, 0.6) is 0 Å². The number of pyridine rings is 1. The molecule has 3 N–H and O–H groups in total. The lowest BCUT2D eigenvalue weighted by Crippen LogP contribution is -2.34. The van der Waals surface area contributed by atoms with Crippen molar-refractivity contribution in [3.05, 3.63) is 30.1 Å². The van der Waals surface area contributed by atoms with Gasteiger partial charge >= 0.3 is 24.3 Å². The van der Waals surface area contributed by atoms with Crippen molar-refractivity contribution in [2.24, 2.45) is 5.92 Å². The molecule has 3 heterocycles. The predicted octanol–water partition coefficient (Wildman–Crippen LogP) is 3.39. The summed E-state index contributed by atoms with van der Waals surface area (Å²) < 4.78 is 69.7. The van der Waals surface area contributed by atoms with E-state index in [0.717, 1.165) is 24.7 Å². The molecular weight excluding hydrogens is 528 g/mol. The van der Waals surface area contributed by atoms with Crippen molar-refractivity contribution in [3.8, 4) is 0 Å². The number of amides is 1. The minimum Gasteiger partial charge on any atom is -0.475 e. The second-order valence-corrected chi connectivity index (χ2v) is 9.09. The summed E-state index contributed by atoms with van der Waals surface area (Å²) in [6, 6.07) is 6.53. The highest BCUT2D eigenvalue weighted by Gasteiger charge is 2.44. The Morgan fingerprint density at radius 1 is 1.00 bits per heavy atom. The van der Waals surface area contributed by atoms with Crippen molar-refractivity contribution < 1.29 is 55.7 Å². The number of halogens is 6. The van der Waals surface area contributed by atoms with E-state index in [2.05, 4.69) is 15.2 Å². The van der Waals surface area contributed by atoms with Crippen molar-refractivity contribution in [2.75, 3.05) is 13.1 Å². The predicted molar refractivity (Wildman–Crippen MR) is 119 cm³/mol. The summed E-state index contributed by atoms with van der Waals surface area (Å²) in [4.78, 5) is 36.8. The maximum Gasteiger partial charge on any atom is 0.490 e. The van der Waals surface area contributed by atoms with Crippen molar-refractivity contribution >= 4 is 17.8 Å². The molecule has 1 aromatic heterocycles. The molecule has 3 atom stereocenters. The first-order chi connectivity index (χ1) is 17.7. The van der Waals surface area contributed by atoms with Gasteiger partial charge < -0.3 is 20.3 Å². The number of ether oxygens (including phenoxy) is 1. The zero-order valence-electron chi connectivity index (χ0n) is 20.2. The van der Waals surface area contributed by atoms with Gasteiger partial charge in [-0.3, -0.25) is 14.7 Å². The minimum atomic E-state index is -5.08. The molecule has 4 rings (SSSR count). The topological polar surface area (TPSA) is 129 Å². The molecule has 9 nitrogen and oxygen atoms in total. The number of carboxylic acids is 2. The molecule has 2 saturated heterocycles. The molecule has 2 aliphatic heterocycles. The Bertz CT molecular complexity index is 886. The van der Waals surface area contributed by atoms with Crippen LogP contribution in [0, 0.1) is 5.92 Å². The fraction of sp³-hybridized carbons (Fsp3) is 0.652. The molecule has 15 heteroatoms. The van der Waals surface area contributed by atoms with Crippen LogP contribution in [0.25, 0.3) is 0 Å². The maximum atomic E-state index is 12.1. The molecular formula is C23H29F6N3O6. The third kappa shape index (κ3) is 10.4. The van der Waals surface area contributed by atoms with Crippen molar-refractivity contribution in [1.82, 2.24) is 15.2 Å². The molecule has 3 fully saturated rings. The maximum absolute atomic E-state index is 12.1. The molecule has 0 spiro atoms. The first kappa shape index (κ1) is 31.3. The van der Waals surface area contributed by atoms with E-state index in [1.54, 1.807) is 6.20 Å². The number of nitrogens with one attached hydrogen (secondary N) is 1. The Morgan fingerprint density at radius 2 is 1.58 bits per heavy atom. The number of nitrogens with zero attached hydrogens (tertiary/aromatic N) is 2. The SMILES string of the molecule is O=C(C[C@H]1C[C@H]2CN(C3CCCC3)C[C@H]2O1)NCc1ccccn1.O=C(O)C(F)(F)F.O=C(O)C(F)(F)F. The molecule has 1 aliphatic carbocycles. The number of alkyl halides is 6. The summed E-state index contributed by atoms with van der Waals surface area (Å²) in [5.74, 6) is -4.82. The number of hydrogen-bond acceptors (Lipinski definition) is 6. The van der Waals surface area contributed by atoms with Gasteiger partial charge in [0.2, 0.25) is 5.91 Å². The van der Waals surface area contributed by atoms with Crippen LogP contribution in [0.3, 0.4) is 0 Å². The van der Waals surface area contributed by atoms with Crippen LogP contribution in [0.15, 0.2) is 24.4 Å².